The highest BCUT2D eigenvalue weighted by Gasteiger charge is 2.16. The van der Waals surface area contributed by atoms with Crippen molar-refractivity contribution in [3.63, 3.8) is 0 Å². The summed E-state index contributed by atoms with van der Waals surface area (Å²) in [5, 5.41) is 12.5. The lowest BCUT2D eigenvalue weighted by molar-refractivity contribution is -0.121. The van der Waals surface area contributed by atoms with Crippen LogP contribution in [0.1, 0.15) is 59.3 Å². The first-order chi connectivity index (χ1) is 8.35. The minimum Gasteiger partial charge on any atom is -0.391 e. The maximum absolute atomic E-state index is 11.5. The standard InChI is InChI=1S/C14H30N2O2.ClH/c1-14(2,3)10-12(17)11-16-13(18)8-6-4-5-7-9-15;/h12,17H,4-11,15H2,1-3H3,(H,16,18);1H. The first-order valence-corrected chi connectivity index (χ1v) is 7.00. The fourth-order valence-corrected chi connectivity index (χ4v) is 1.88. The summed E-state index contributed by atoms with van der Waals surface area (Å²) < 4.78 is 0. The van der Waals surface area contributed by atoms with Crippen molar-refractivity contribution < 1.29 is 9.90 Å². The van der Waals surface area contributed by atoms with Gasteiger partial charge in [0.25, 0.3) is 0 Å². The van der Waals surface area contributed by atoms with Gasteiger partial charge in [0.2, 0.25) is 5.91 Å². The number of hydrogen-bond acceptors (Lipinski definition) is 3. The highest BCUT2D eigenvalue weighted by molar-refractivity contribution is 5.85. The summed E-state index contributed by atoms with van der Waals surface area (Å²) in [6.45, 7) is 7.32. The number of nitrogens with one attached hydrogen (secondary N) is 1. The van der Waals surface area contributed by atoms with Crippen molar-refractivity contribution in [1.82, 2.24) is 5.32 Å². The zero-order valence-electron chi connectivity index (χ0n) is 12.6. The molecule has 0 bridgehead atoms. The first-order valence-electron chi connectivity index (χ1n) is 7.00. The number of amides is 1. The lowest BCUT2D eigenvalue weighted by atomic mass is 9.89. The Balaban J connectivity index is 0. The van der Waals surface area contributed by atoms with Gasteiger partial charge in [0.05, 0.1) is 6.10 Å². The summed E-state index contributed by atoms with van der Waals surface area (Å²) >= 11 is 0. The van der Waals surface area contributed by atoms with Crippen LogP contribution in [0, 0.1) is 5.41 Å². The molecule has 4 N–H and O–H groups in total. The largest absolute Gasteiger partial charge is 0.391 e. The summed E-state index contributed by atoms with van der Waals surface area (Å²) in [4.78, 5) is 11.5. The molecule has 0 aromatic carbocycles. The molecule has 1 amide bonds. The molecule has 0 saturated heterocycles. The molecule has 0 rings (SSSR count). The number of aliphatic hydroxyl groups is 1. The lowest BCUT2D eigenvalue weighted by Gasteiger charge is -2.22. The molecule has 0 aromatic rings. The normalized spacial score (nSPS) is 12.7. The van der Waals surface area contributed by atoms with Crippen LogP contribution in [-0.2, 0) is 4.79 Å². The van der Waals surface area contributed by atoms with Gasteiger partial charge in [-0.05, 0) is 31.2 Å². The molecule has 0 aliphatic heterocycles. The van der Waals surface area contributed by atoms with E-state index in [0.717, 1.165) is 32.2 Å². The van der Waals surface area contributed by atoms with Crippen LogP contribution in [0.3, 0.4) is 0 Å². The molecule has 0 radical (unpaired) electrons. The van der Waals surface area contributed by atoms with Gasteiger partial charge in [-0.25, -0.2) is 0 Å². The van der Waals surface area contributed by atoms with Gasteiger partial charge >= 0.3 is 0 Å². The molecule has 19 heavy (non-hydrogen) atoms. The van der Waals surface area contributed by atoms with E-state index in [2.05, 4.69) is 26.1 Å². The van der Waals surface area contributed by atoms with Crippen LogP contribution < -0.4 is 11.1 Å². The number of halogens is 1. The molecule has 116 valence electrons. The molecular weight excluding hydrogens is 264 g/mol. The fraction of sp³-hybridized carbons (Fsp3) is 0.929. The Morgan fingerprint density at radius 3 is 2.32 bits per heavy atom. The average Bonchev–Trinajstić information content (AvgIpc) is 2.24. The third-order valence-corrected chi connectivity index (χ3v) is 2.74. The van der Waals surface area contributed by atoms with E-state index in [4.69, 9.17) is 5.73 Å². The maximum Gasteiger partial charge on any atom is 0.220 e. The predicted molar refractivity (Wildman–Crippen MR) is 82.5 cm³/mol. The Kier molecular flexibility index (Phi) is 12.7. The number of carbonyl (C=O) groups is 1. The topological polar surface area (TPSA) is 75.3 Å². The minimum atomic E-state index is -0.453. The second kappa shape index (κ2) is 11.5. The highest BCUT2D eigenvalue weighted by Crippen LogP contribution is 2.20. The molecule has 0 fully saturated rings. The summed E-state index contributed by atoms with van der Waals surface area (Å²) in [7, 11) is 0. The molecule has 0 saturated carbocycles. The van der Waals surface area contributed by atoms with Crippen molar-refractivity contribution in [2.24, 2.45) is 11.1 Å². The molecule has 5 heteroatoms. The van der Waals surface area contributed by atoms with Gasteiger partial charge in [0.1, 0.15) is 0 Å². The maximum atomic E-state index is 11.5. The van der Waals surface area contributed by atoms with E-state index >= 15 is 0 Å². The number of unbranched alkanes of at least 4 members (excludes halogenated alkanes) is 3. The van der Waals surface area contributed by atoms with Crippen LogP contribution in [0.4, 0.5) is 0 Å². The monoisotopic (exact) mass is 294 g/mol. The molecule has 0 heterocycles. The van der Waals surface area contributed by atoms with E-state index < -0.39 is 6.10 Å². The van der Waals surface area contributed by atoms with E-state index in [9.17, 15) is 9.90 Å². The molecule has 0 spiro atoms. The van der Waals surface area contributed by atoms with Gasteiger partial charge in [-0.15, -0.1) is 12.4 Å². The molecular formula is C14H31ClN2O2. The van der Waals surface area contributed by atoms with Crippen LogP contribution in [0.5, 0.6) is 0 Å². The van der Waals surface area contributed by atoms with Crippen LogP contribution in [-0.4, -0.2) is 30.2 Å². The highest BCUT2D eigenvalue weighted by atomic mass is 35.5. The third kappa shape index (κ3) is 15.6. The Morgan fingerprint density at radius 1 is 1.21 bits per heavy atom. The number of aliphatic hydroxyl groups excluding tert-OH is 1. The van der Waals surface area contributed by atoms with Gasteiger partial charge in [-0.3, -0.25) is 4.79 Å². The predicted octanol–water partition coefficient (Wildman–Crippen LogP) is 2.23. The van der Waals surface area contributed by atoms with Crippen LogP contribution in [0.25, 0.3) is 0 Å². The van der Waals surface area contributed by atoms with Gasteiger partial charge < -0.3 is 16.2 Å². The van der Waals surface area contributed by atoms with Gasteiger partial charge in [-0.1, -0.05) is 33.6 Å². The Labute approximate surface area is 123 Å². The molecule has 1 unspecified atom stereocenters. The summed E-state index contributed by atoms with van der Waals surface area (Å²) in [6.07, 6.45) is 4.88. The molecule has 0 aromatic heterocycles. The number of hydrogen-bond donors (Lipinski definition) is 3. The molecule has 4 nitrogen and oxygen atoms in total. The Hall–Kier alpha value is -0.320. The van der Waals surface area contributed by atoms with Crippen molar-refractivity contribution in [1.29, 1.82) is 0 Å². The van der Waals surface area contributed by atoms with Crippen molar-refractivity contribution in [3.05, 3.63) is 0 Å². The second-order valence-electron chi connectivity index (χ2n) is 6.18. The van der Waals surface area contributed by atoms with E-state index in [1.165, 1.54) is 0 Å². The molecule has 0 aliphatic rings. The van der Waals surface area contributed by atoms with Crippen molar-refractivity contribution in [2.45, 2.75) is 65.4 Å². The summed E-state index contributed by atoms with van der Waals surface area (Å²) in [5.41, 5.74) is 5.48. The SMILES string of the molecule is CC(C)(C)CC(O)CNC(=O)CCCCCCN.Cl. The molecule has 1 atom stereocenters. The van der Waals surface area contributed by atoms with Crippen molar-refractivity contribution in [3.8, 4) is 0 Å². The third-order valence-electron chi connectivity index (χ3n) is 2.74. The first kappa shape index (κ1) is 21.0. The fourth-order valence-electron chi connectivity index (χ4n) is 1.88. The summed E-state index contributed by atoms with van der Waals surface area (Å²) in [6, 6.07) is 0. The van der Waals surface area contributed by atoms with E-state index in [0.29, 0.717) is 19.4 Å². The van der Waals surface area contributed by atoms with E-state index in [1.54, 1.807) is 0 Å². The van der Waals surface area contributed by atoms with Crippen molar-refractivity contribution in [2.75, 3.05) is 13.1 Å². The molecule has 0 aliphatic carbocycles. The quantitative estimate of drug-likeness (QED) is 0.571. The van der Waals surface area contributed by atoms with Crippen LogP contribution in [0.15, 0.2) is 0 Å². The minimum absolute atomic E-state index is 0. The smallest absolute Gasteiger partial charge is 0.220 e. The Bertz CT molecular complexity index is 230. The second-order valence-corrected chi connectivity index (χ2v) is 6.18. The van der Waals surface area contributed by atoms with Crippen LogP contribution >= 0.6 is 12.4 Å². The Morgan fingerprint density at radius 2 is 1.79 bits per heavy atom. The summed E-state index contributed by atoms with van der Waals surface area (Å²) in [5.74, 6) is 0.0377. The lowest BCUT2D eigenvalue weighted by Crippen LogP contribution is -2.34. The number of rotatable bonds is 9. The van der Waals surface area contributed by atoms with E-state index in [1.807, 2.05) is 0 Å². The number of carbonyl (C=O) groups excluding carboxylic acids is 1. The number of nitrogens with two attached hydrogens (primary N) is 1. The van der Waals surface area contributed by atoms with Gasteiger partial charge in [0.15, 0.2) is 0 Å². The zero-order chi connectivity index (χ0) is 14.0. The van der Waals surface area contributed by atoms with Crippen molar-refractivity contribution >= 4 is 18.3 Å². The van der Waals surface area contributed by atoms with Gasteiger partial charge in [0, 0.05) is 13.0 Å². The average molecular weight is 295 g/mol. The van der Waals surface area contributed by atoms with Crippen LogP contribution in [0.2, 0.25) is 0 Å². The van der Waals surface area contributed by atoms with Gasteiger partial charge in [-0.2, -0.15) is 0 Å². The van der Waals surface area contributed by atoms with E-state index in [-0.39, 0.29) is 23.7 Å². The zero-order valence-corrected chi connectivity index (χ0v) is 13.4.